The lowest BCUT2D eigenvalue weighted by Crippen LogP contribution is -2.22. The van der Waals surface area contributed by atoms with Gasteiger partial charge in [0.2, 0.25) is 5.96 Å². The largest absolute Gasteiger partial charge is 0.368 e. The van der Waals surface area contributed by atoms with Gasteiger partial charge in [-0.3, -0.25) is 5.41 Å². The highest BCUT2D eigenvalue weighted by Gasteiger charge is 2.00. The van der Waals surface area contributed by atoms with Gasteiger partial charge in [-0.2, -0.15) is 5.10 Å². The third kappa shape index (κ3) is 1.94. The van der Waals surface area contributed by atoms with Gasteiger partial charge in [-0.25, -0.2) is 4.68 Å². The number of aryl methyl sites for hydroxylation is 2. The van der Waals surface area contributed by atoms with E-state index < -0.39 is 0 Å². The van der Waals surface area contributed by atoms with E-state index in [1.165, 1.54) is 4.68 Å². The molecule has 0 aromatic carbocycles. The average molecular weight is 175 g/mol. The summed E-state index contributed by atoms with van der Waals surface area (Å²) in [5.74, 6) is -0.0365. The van der Waals surface area contributed by atoms with Gasteiger partial charge in [-0.05, 0) is 19.9 Å². The minimum Gasteiger partial charge on any atom is -0.368 e. The van der Waals surface area contributed by atoms with Crippen molar-refractivity contribution < 1.29 is 0 Å². The third-order valence-electron chi connectivity index (χ3n) is 1.24. The lowest BCUT2D eigenvalue weighted by Gasteiger charge is -1.97. The Morgan fingerprint density at radius 1 is 1.64 bits per heavy atom. The fourth-order valence-corrected chi connectivity index (χ4v) is 0.873. The SMILES string of the molecule is Cc1cc(C)n(C(=N)N)n1.Cl. The summed E-state index contributed by atoms with van der Waals surface area (Å²) >= 11 is 0. The quantitative estimate of drug-likeness (QED) is 0.448. The maximum atomic E-state index is 7.07. The Balaban J connectivity index is 0.000001000. The molecule has 62 valence electrons. The van der Waals surface area contributed by atoms with E-state index in [0.29, 0.717) is 0 Å². The van der Waals surface area contributed by atoms with Crippen molar-refractivity contribution in [3.63, 3.8) is 0 Å². The van der Waals surface area contributed by atoms with Gasteiger partial charge in [0.25, 0.3) is 0 Å². The summed E-state index contributed by atoms with van der Waals surface area (Å²) in [6, 6.07) is 1.88. The zero-order valence-corrected chi connectivity index (χ0v) is 7.27. The maximum Gasteiger partial charge on any atom is 0.213 e. The van der Waals surface area contributed by atoms with E-state index >= 15 is 0 Å². The van der Waals surface area contributed by atoms with E-state index in [0.717, 1.165) is 11.4 Å². The second kappa shape index (κ2) is 3.39. The van der Waals surface area contributed by atoms with Crippen molar-refractivity contribution in [1.82, 2.24) is 9.78 Å². The Morgan fingerprint density at radius 3 is 2.36 bits per heavy atom. The molecule has 0 fully saturated rings. The van der Waals surface area contributed by atoms with Gasteiger partial charge in [0.05, 0.1) is 5.69 Å². The van der Waals surface area contributed by atoms with Crippen LogP contribution in [0.2, 0.25) is 0 Å². The van der Waals surface area contributed by atoms with Crippen molar-refractivity contribution in [2.24, 2.45) is 5.73 Å². The molecule has 0 aliphatic heterocycles. The van der Waals surface area contributed by atoms with Crippen LogP contribution in [0.5, 0.6) is 0 Å². The molecule has 11 heavy (non-hydrogen) atoms. The smallest absolute Gasteiger partial charge is 0.213 e. The molecule has 0 aliphatic carbocycles. The molecule has 0 spiro atoms. The molecule has 1 rings (SSSR count). The van der Waals surface area contributed by atoms with Crippen LogP contribution in [0, 0.1) is 19.3 Å². The Bertz CT molecular complexity index is 266. The molecule has 0 saturated carbocycles. The molecular weight excluding hydrogens is 164 g/mol. The predicted molar refractivity (Wildman–Crippen MR) is 46.3 cm³/mol. The van der Waals surface area contributed by atoms with Crippen LogP contribution in [0.4, 0.5) is 0 Å². The maximum absolute atomic E-state index is 7.07. The van der Waals surface area contributed by atoms with Crippen molar-refractivity contribution in [3.8, 4) is 0 Å². The Morgan fingerprint density at radius 2 is 2.18 bits per heavy atom. The number of aromatic nitrogens is 2. The van der Waals surface area contributed by atoms with Crippen molar-refractivity contribution >= 4 is 18.4 Å². The molecule has 0 radical (unpaired) electrons. The van der Waals surface area contributed by atoms with Crippen LogP contribution in [-0.2, 0) is 0 Å². The van der Waals surface area contributed by atoms with Gasteiger partial charge in [-0.15, -0.1) is 12.4 Å². The van der Waals surface area contributed by atoms with Gasteiger partial charge >= 0.3 is 0 Å². The Kier molecular flexibility index (Phi) is 3.07. The molecule has 0 bridgehead atoms. The lowest BCUT2D eigenvalue weighted by atomic mass is 10.4. The zero-order chi connectivity index (χ0) is 7.72. The topological polar surface area (TPSA) is 67.7 Å². The number of nitrogens with zero attached hydrogens (tertiary/aromatic N) is 2. The highest BCUT2D eigenvalue weighted by atomic mass is 35.5. The van der Waals surface area contributed by atoms with Crippen LogP contribution in [0.15, 0.2) is 6.07 Å². The summed E-state index contributed by atoms with van der Waals surface area (Å²) < 4.78 is 1.40. The summed E-state index contributed by atoms with van der Waals surface area (Å²) in [4.78, 5) is 0. The Hall–Kier alpha value is -1.03. The van der Waals surface area contributed by atoms with Crippen molar-refractivity contribution in [1.29, 1.82) is 5.41 Å². The van der Waals surface area contributed by atoms with E-state index in [-0.39, 0.29) is 18.4 Å². The number of rotatable bonds is 0. The molecule has 3 N–H and O–H groups in total. The van der Waals surface area contributed by atoms with E-state index in [2.05, 4.69) is 5.10 Å². The van der Waals surface area contributed by atoms with Crippen molar-refractivity contribution in [2.45, 2.75) is 13.8 Å². The highest BCUT2D eigenvalue weighted by molar-refractivity contribution is 5.85. The van der Waals surface area contributed by atoms with Crippen molar-refractivity contribution in [2.75, 3.05) is 0 Å². The number of nitrogens with one attached hydrogen (secondary N) is 1. The molecule has 4 nitrogen and oxygen atoms in total. The van der Waals surface area contributed by atoms with Gasteiger partial charge in [-0.1, -0.05) is 0 Å². The number of hydrogen-bond acceptors (Lipinski definition) is 2. The number of hydrogen-bond donors (Lipinski definition) is 2. The normalized spacial score (nSPS) is 8.91. The molecule has 1 aromatic rings. The van der Waals surface area contributed by atoms with Gasteiger partial charge in [0, 0.05) is 5.69 Å². The summed E-state index contributed by atoms with van der Waals surface area (Å²) in [5, 5.41) is 11.0. The first kappa shape index (κ1) is 9.97. The van der Waals surface area contributed by atoms with Gasteiger partial charge < -0.3 is 5.73 Å². The van der Waals surface area contributed by atoms with Crippen LogP contribution in [0.25, 0.3) is 0 Å². The van der Waals surface area contributed by atoms with Gasteiger partial charge in [0.15, 0.2) is 0 Å². The molecule has 0 saturated heterocycles. The zero-order valence-electron chi connectivity index (χ0n) is 6.46. The van der Waals surface area contributed by atoms with E-state index in [1.54, 1.807) is 0 Å². The van der Waals surface area contributed by atoms with E-state index in [1.807, 2.05) is 19.9 Å². The lowest BCUT2D eigenvalue weighted by molar-refractivity contribution is 0.863. The van der Waals surface area contributed by atoms with Crippen LogP contribution in [-0.4, -0.2) is 15.7 Å². The van der Waals surface area contributed by atoms with Crippen LogP contribution in [0.3, 0.4) is 0 Å². The van der Waals surface area contributed by atoms with Crippen LogP contribution < -0.4 is 5.73 Å². The molecule has 5 heteroatoms. The standard InChI is InChI=1S/C6H10N4.ClH/c1-4-3-5(2)10(9-4)6(7)8;/h3H,1-2H3,(H3,7,8);1H. The minimum absolute atomic E-state index is 0. The van der Waals surface area contributed by atoms with Crippen LogP contribution >= 0.6 is 12.4 Å². The number of halogens is 1. The monoisotopic (exact) mass is 174 g/mol. The predicted octanol–water partition coefficient (Wildman–Crippen LogP) is 0.663. The average Bonchev–Trinajstić information content (AvgIpc) is 2.10. The first-order valence-electron chi connectivity index (χ1n) is 2.99. The molecule has 1 heterocycles. The van der Waals surface area contributed by atoms with Crippen LogP contribution in [0.1, 0.15) is 11.4 Å². The molecular formula is C6H11ClN4. The Labute approximate surface area is 71.3 Å². The first-order chi connectivity index (χ1) is 4.61. The second-order valence-electron chi connectivity index (χ2n) is 2.22. The molecule has 0 unspecified atom stereocenters. The number of nitrogens with two attached hydrogens (primary N) is 1. The van der Waals surface area contributed by atoms with Crippen molar-refractivity contribution in [3.05, 3.63) is 17.5 Å². The minimum atomic E-state index is -0.0365. The van der Waals surface area contributed by atoms with E-state index in [4.69, 9.17) is 11.1 Å². The highest BCUT2D eigenvalue weighted by Crippen LogP contribution is 1.98. The molecule has 0 atom stereocenters. The second-order valence-corrected chi connectivity index (χ2v) is 2.22. The third-order valence-corrected chi connectivity index (χ3v) is 1.24. The number of nitrogen functional groups attached to an aromatic ring is 1. The molecule has 0 amide bonds. The summed E-state index contributed by atoms with van der Waals surface area (Å²) in [7, 11) is 0. The molecule has 0 aliphatic rings. The van der Waals surface area contributed by atoms with E-state index in [9.17, 15) is 0 Å². The fraction of sp³-hybridized carbons (Fsp3) is 0.333. The molecule has 1 aromatic heterocycles. The summed E-state index contributed by atoms with van der Waals surface area (Å²) in [6.07, 6.45) is 0. The fourth-order valence-electron chi connectivity index (χ4n) is 0.873. The first-order valence-corrected chi connectivity index (χ1v) is 2.99. The van der Waals surface area contributed by atoms with Gasteiger partial charge in [0.1, 0.15) is 0 Å². The summed E-state index contributed by atoms with van der Waals surface area (Å²) in [6.45, 7) is 3.73. The summed E-state index contributed by atoms with van der Waals surface area (Å²) in [5.41, 5.74) is 6.99.